The van der Waals surface area contributed by atoms with Gasteiger partial charge in [0.15, 0.2) is 11.2 Å². The van der Waals surface area contributed by atoms with Gasteiger partial charge >= 0.3 is 5.69 Å². The van der Waals surface area contributed by atoms with Gasteiger partial charge in [-0.2, -0.15) is 10.1 Å². The van der Waals surface area contributed by atoms with Crippen LogP contribution in [0.3, 0.4) is 0 Å². The molecule has 11 heteroatoms. The Hall–Kier alpha value is -2.95. The summed E-state index contributed by atoms with van der Waals surface area (Å²) in [4.78, 5) is 31.1. The number of nitrogens with zero attached hydrogens (tertiary/aromatic N) is 4. The molecule has 3 N–H and O–H groups in total. The molecule has 0 saturated heterocycles. The van der Waals surface area contributed by atoms with E-state index in [0.717, 1.165) is 5.56 Å². The summed E-state index contributed by atoms with van der Waals surface area (Å²) in [5.74, 6) is 0.207. The van der Waals surface area contributed by atoms with Crippen molar-refractivity contribution in [3.05, 3.63) is 55.7 Å². The zero-order valence-corrected chi connectivity index (χ0v) is 18.5. The van der Waals surface area contributed by atoms with Gasteiger partial charge in [0, 0.05) is 12.1 Å². The smallest absolute Gasteiger partial charge is 0.329 e. The lowest BCUT2D eigenvalue weighted by Crippen LogP contribution is -2.30. The Morgan fingerprint density at radius 2 is 2.00 bits per heavy atom. The third kappa shape index (κ3) is 5.22. The molecule has 1 aromatic carbocycles. The topological polar surface area (TPSA) is 127 Å². The average Bonchev–Trinajstić information content (AvgIpc) is 3.08. The molecule has 0 aliphatic rings. The number of fused-ring (bicyclic) bond motifs is 1. The van der Waals surface area contributed by atoms with Crippen LogP contribution >= 0.6 is 11.6 Å². The number of aliphatic hydroxyl groups excluding tert-OH is 1. The number of halogens is 1. The average molecular weight is 449 g/mol. The van der Waals surface area contributed by atoms with Crippen LogP contribution in [-0.4, -0.2) is 48.7 Å². The van der Waals surface area contributed by atoms with E-state index in [1.54, 1.807) is 19.1 Å². The molecular formula is C20H25ClN6O4. The normalized spacial score (nSPS) is 13.2. The van der Waals surface area contributed by atoms with Crippen molar-refractivity contribution < 1.29 is 9.84 Å². The molecule has 0 spiro atoms. The number of hydrazone groups is 1. The first-order chi connectivity index (χ1) is 14.7. The number of imidazole rings is 1. The van der Waals surface area contributed by atoms with Crippen LogP contribution in [0.5, 0.6) is 0 Å². The summed E-state index contributed by atoms with van der Waals surface area (Å²) in [5.41, 5.74) is 3.48. The number of hydrogen-bond donors (Lipinski definition) is 3. The van der Waals surface area contributed by atoms with Gasteiger partial charge in [-0.05, 0) is 38.5 Å². The number of aromatic amines is 1. The highest BCUT2D eigenvalue weighted by Crippen LogP contribution is 2.17. The zero-order valence-electron chi connectivity index (χ0n) is 17.7. The first-order valence-electron chi connectivity index (χ1n) is 9.72. The summed E-state index contributed by atoms with van der Waals surface area (Å²) in [6, 6.07) is 7.16. The summed E-state index contributed by atoms with van der Waals surface area (Å²) in [6.45, 7) is 5.62. The number of H-pyrrole nitrogens is 1. The largest absolute Gasteiger partial charge is 0.389 e. The van der Waals surface area contributed by atoms with Crippen molar-refractivity contribution in [2.24, 2.45) is 12.1 Å². The van der Waals surface area contributed by atoms with E-state index in [4.69, 9.17) is 16.3 Å². The SMILES string of the molecule is C/C(=N\Nc1nc2c(c(=O)[nH]c(=O)n2C)n1C[C@H](O)COC(C)C)c1ccc(Cl)cc1. The summed E-state index contributed by atoms with van der Waals surface area (Å²) in [6.07, 6.45) is -0.957. The number of rotatable bonds is 8. The summed E-state index contributed by atoms with van der Waals surface area (Å²) in [5, 5.41) is 15.4. The van der Waals surface area contributed by atoms with Crippen LogP contribution in [0, 0.1) is 0 Å². The molecule has 10 nitrogen and oxygen atoms in total. The second kappa shape index (κ2) is 9.46. The first-order valence-corrected chi connectivity index (χ1v) is 10.1. The number of nitrogens with one attached hydrogen (secondary N) is 2. The number of benzene rings is 1. The van der Waals surface area contributed by atoms with E-state index in [1.165, 1.54) is 16.2 Å². The van der Waals surface area contributed by atoms with E-state index in [-0.39, 0.29) is 36.4 Å². The lowest BCUT2D eigenvalue weighted by atomic mass is 10.1. The molecule has 166 valence electrons. The number of aromatic nitrogens is 4. The Balaban J connectivity index is 2.00. The highest BCUT2D eigenvalue weighted by molar-refractivity contribution is 6.30. The van der Waals surface area contributed by atoms with Gasteiger partial charge in [-0.15, -0.1) is 0 Å². The van der Waals surface area contributed by atoms with E-state index in [0.29, 0.717) is 10.7 Å². The van der Waals surface area contributed by atoms with Crippen LogP contribution < -0.4 is 16.7 Å². The molecular weight excluding hydrogens is 424 g/mol. The molecule has 3 aromatic rings. The van der Waals surface area contributed by atoms with Gasteiger partial charge < -0.3 is 14.4 Å². The van der Waals surface area contributed by atoms with E-state index < -0.39 is 17.4 Å². The summed E-state index contributed by atoms with van der Waals surface area (Å²) < 4.78 is 8.17. The van der Waals surface area contributed by atoms with Crippen molar-refractivity contribution in [2.75, 3.05) is 12.0 Å². The summed E-state index contributed by atoms with van der Waals surface area (Å²) >= 11 is 5.93. The Labute approximate surface area is 183 Å². The molecule has 0 fully saturated rings. The van der Waals surface area contributed by atoms with E-state index in [9.17, 15) is 14.7 Å². The predicted molar refractivity (Wildman–Crippen MR) is 120 cm³/mol. The maximum Gasteiger partial charge on any atom is 0.329 e. The van der Waals surface area contributed by atoms with Gasteiger partial charge in [-0.1, -0.05) is 23.7 Å². The van der Waals surface area contributed by atoms with E-state index in [1.807, 2.05) is 26.0 Å². The van der Waals surface area contributed by atoms with Crippen molar-refractivity contribution in [3.8, 4) is 0 Å². The number of ether oxygens (including phenoxy) is 1. The fourth-order valence-corrected chi connectivity index (χ4v) is 3.08. The lowest BCUT2D eigenvalue weighted by molar-refractivity contribution is -0.000105. The molecule has 3 rings (SSSR count). The van der Waals surface area contributed by atoms with Gasteiger partial charge in [0.25, 0.3) is 5.56 Å². The van der Waals surface area contributed by atoms with E-state index in [2.05, 4.69) is 20.5 Å². The molecule has 0 aliphatic carbocycles. The molecule has 31 heavy (non-hydrogen) atoms. The van der Waals surface area contributed by atoms with Crippen LogP contribution in [0.1, 0.15) is 26.3 Å². The van der Waals surface area contributed by atoms with Crippen molar-refractivity contribution in [1.82, 2.24) is 19.1 Å². The van der Waals surface area contributed by atoms with Gasteiger partial charge in [0.2, 0.25) is 5.95 Å². The Morgan fingerprint density at radius 3 is 2.65 bits per heavy atom. The number of aliphatic hydroxyl groups is 1. The van der Waals surface area contributed by atoms with Crippen molar-refractivity contribution >= 4 is 34.4 Å². The van der Waals surface area contributed by atoms with Crippen molar-refractivity contribution in [1.29, 1.82) is 0 Å². The Kier molecular flexibility index (Phi) is 6.94. The highest BCUT2D eigenvalue weighted by Gasteiger charge is 2.20. The molecule has 0 amide bonds. The zero-order chi connectivity index (χ0) is 22.7. The molecule has 2 aromatic heterocycles. The van der Waals surface area contributed by atoms with Crippen LogP contribution in [0.25, 0.3) is 11.2 Å². The highest BCUT2D eigenvalue weighted by atomic mass is 35.5. The third-order valence-corrected chi connectivity index (χ3v) is 4.86. The molecule has 0 unspecified atom stereocenters. The fraction of sp³-hybridized carbons (Fsp3) is 0.400. The van der Waals surface area contributed by atoms with Crippen LogP contribution in [-0.2, 0) is 18.3 Å². The minimum absolute atomic E-state index is 0.0162. The molecule has 0 aliphatic heterocycles. The van der Waals surface area contributed by atoms with Gasteiger partial charge in [0.05, 0.1) is 31.1 Å². The number of hydrogen-bond acceptors (Lipinski definition) is 7. The maximum atomic E-state index is 12.5. The van der Waals surface area contributed by atoms with E-state index >= 15 is 0 Å². The Bertz CT molecular complexity index is 1210. The Morgan fingerprint density at radius 1 is 1.32 bits per heavy atom. The van der Waals surface area contributed by atoms with Gasteiger partial charge in [0.1, 0.15) is 0 Å². The fourth-order valence-electron chi connectivity index (χ4n) is 2.95. The van der Waals surface area contributed by atoms with Crippen LogP contribution in [0.2, 0.25) is 5.02 Å². The molecule has 1 atom stereocenters. The second-order valence-electron chi connectivity index (χ2n) is 7.39. The van der Waals surface area contributed by atoms with Gasteiger partial charge in [-0.25, -0.2) is 10.2 Å². The lowest BCUT2D eigenvalue weighted by Gasteiger charge is -2.16. The summed E-state index contributed by atoms with van der Waals surface area (Å²) in [7, 11) is 1.50. The van der Waals surface area contributed by atoms with Crippen molar-refractivity contribution in [3.63, 3.8) is 0 Å². The number of anilines is 1. The maximum absolute atomic E-state index is 12.5. The minimum Gasteiger partial charge on any atom is -0.389 e. The number of aryl methyl sites for hydroxylation is 1. The standard InChI is InChI=1S/C20H25ClN6O4/c1-11(2)31-10-15(28)9-27-16-17(26(4)20(30)23-18(16)29)22-19(27)25-24-12(3)13-5-7-14(21)8-6-13/h5-8,11,15,28H,9-10H2,1-4H3,(H,22,25)(H,23,29,30)/b24-12+/t15-/m0/s1. The second-order valence-corrected chi connectivity index (χ2v) is 7.82. The monoisotopic (exact) mass is 448 g/mol. The third-order valence-electron chi connectivity index (χ3n) is 4.61. The minimum atomic E-state index is -0.904. The first kappa shape index (κ1) is 22.7. The van der Waals surface area contributed by atoms with Gasteiger partial charge in [-0.3, -0.25) is 14.3 Å². The quantitative estimate of drug-likeness (QED) is 0.355. The van der Waals surface area contributed by atoms with Crippen LogP contribution in [0.4, 0.5) is 5.95 Å². The molecule has 0 bridgehead atoms. The predicted octanol–water partition coefficient (Wildman–Crippen LogP) is 1.70. The molecule has 0 radical (unpaired) electrons. The molecule has 2 heterocycles. The van der Waals surface area contributed by atoms with Crippen molar-refractivity contribution in [2.45, 2.75) is 39.5 Å². The van der Waals surface area contributed by atoms with Crippen LogP contribution in [0.15, 0.2) is 39.0 Å². The molecule has 0 saturated carbocycles.